The maximum atomic E-state index is 13.9. The molecule has 0 atom stereocenters. The molecule has 1 N–H and O–H groups in total. The van der Waals surface area contributed by atoms with Gasteiger partial charge in [0, 0.05) is 38.6 Å². The summed E-state index contributed by atoms with van der Waals surface area (Å²) in [6, 6.07) is 4.56. The van der Waals surface area contributed by atoms with Crippen LogP contribution in [0.15, 0.2) is 30.6 Å². The van der Waals surface area contributed by atoms with Crippen LogP contribution in [0.3, 0.4) is 0 Å². The molecule has 0 aliphatic carbocycles. The van der Waals surface area contributed by atoms with Crippen molar-refractivity contribution in [1.29, 1.82) is 0 Å². The first-order valence-corrected chi connectivity index (χ1v) is 8.59. The Morgan fingerprint density at radius 1 is 1.31 bits per heavy atom. The third-order valence-corrected chi connectivity index (χ3v) is 4.12. The predicted molar refractivity (Wildman–Crippen MR) is 97.1 cm³/mol. The van der Waals surface area contributed by atoms with Gasteiger partial charge in [0.2, 0.25) is 5.88 Å². The van der Waals surface area contributed by atoms with E-state index in [0.717, 1.165) is 5.56 Å². The topological polar surface area (TPSA) is 70.6 Å². The van der Waals surface area contributed by atoms with Gasteiger partial charge in [0.05, 0.1) is 6.61 Å². The number of nitrogens with zero attached hydrogens (tertiary/aromatic N) is 4. The second-order valence-corrected chi connectivity index (χ2v) is 6.01. The van der Waals surface area contributed by atoms with Crippen molar-refractivity contribution >= 4 is 17.5 Å². The number of nitrogens with one attached hydrogen (secondary N) is 1. The Labute approximate surface area is 151 Å². The second kappa shape index (κ2) is 7.99. The van der Waals surface area contributed by atoms with Crippen LogP contribution >= 0.6 is 0 Å². The summed E-state index contributed by atoms with van der Waals surface area (Å²) in [4.78, 5) is 24.4. The van der Waals surface area contributed by atoms with Gasteiger partial charge in [0.15, 0.2) is 11.6 Å². The molecule has 0 unspecified atom stereocenters. The first-order chi connectivity index (χ1) is 12.6. The number of halogens is 1. The van der Waals surface area contributed by atoms with Gasteiger partial charge in [0.1, 0.15) is 5.69 Å². The minimum absolute atomic E-state index is 0.223. The standard InChI is InChI=1S/C18H22FN5O2/c1-3-26-17-15(11-13(2)12-21-17)22-18(25)24-9-7-23(8-10-24)16-14(19)5-4-6-20-16/h4-6,11-12H,3,7-10H2,1-2H3,(H,22,25). The highest BCUT2D eigenvalue weighted by Crippen LogP contribution is 2.23. The van der Waals surface area contributed by atoms with Crippen molar-refractivity contribution in [3.63, 3.8) is 0 Å². The molecule has 1 saturated heterocycles. The van der Waals surface area contributed by atoms with Gasteiger partial charge in [-0.1, -0.05) is 0 Å². The van der Waals surface area contributed by atoms with Crippen molar-refractivity contribution < 1.29 is 13.9 Å². The van der Waals surface area contributed by atoms with Crippen molar-refractivity contribution in [2.45, 2.75) is 13.8 Å². The third kappa shape index (κ3) is 4.01. The Balaban J connectivity index is 1.62. The number of urea groups is 1. The Morgan fingerprint density at radius 2 is 2.08 bits per heavy atom. The first-order valence-electron chi connectivity index (χ1n) is 8.59. The minimum Gasteiger partial charge on any atom is -0.476 e. The van der Waals surface area contributed by atoms with Gasteiger partial charge >= 0.3 is 6.03 Å². The van der Waals surface area contributed by atoms with Crippen molar-refractivity contribution in [1.82, 2.24) is 14.9 Å². The number of aryl methyl sites for hydroxylation is 1. The Bertz CT molecular complexity index is 778. The number of ether oxygens (including phenoxy) is 1. The van der Waals surface area contributed by atoms with Crippen LogP contribution in [0.25, 0.3) is 0 Å². The van der Waals surface area contributed by atoms with Crippen LogP contribution in [0.4, 0.5) is 20.7 Å². The first kappa shape index (κ1) is 17.9. The summed E-state index contributed by atoms with van der Waals surface area (Å²) in [7, 11) is 0. The van der Waals surface area contributed by atoms with Crippen LogP contribution in [0, 0.1) is 12.7 Å². The highest BCUT2D eigenvalue weighted by Gasteiger charge is 2.24. The fourth-order valence-corrected chi connectivity index (χ4v) is 2.82. The van der Waals surface area contributed by atoms with Crippen molar-refractivity contribution in [2.24, 2.45) is 0 Å². The lowest BCUT2D eigenvalue weighted by Crippen LogP contribution is -2.50. The molecule has 138 valence electrons. The average Bonchev–Trinajstić information content (AvgIpc) is 2.64. The number of rotatable bonds is 4. The molecule has 0 aromatic carbocycles. The Hall–Kier alpha value is -2.90. The molecule has 1 fully saturated rings. The van der Waals surface area contributed by atoms with Crippen LogP contribution in [-0.2, 0) is 0 Å². The molecule has 8 heteroatoms. The van der Waals surface area contributed by atoms with Gasteiger partial charge in [0.25, 0.3) is 0 Å². The van der Waals surface area contributed by atoms with E-state index in [9.17, 15) is 9.18 Å². The largest absolute Gasteiger partial charge is 0.476 e. The molecule has 3 heterocycles. The third-order valence-electron chi connectivity index (χ3n) is 4.12. The van der Waals surface area contributed by atoms with E-state index < -0.39 is 0 Å². The molecule has 26 heavy (non-hydrogen) atoms. The number of hydrogen-bond donors (Lipinski definition) is 1. The molecular weight excluding hydrogens is 337 g/mol. The Kier molecular flexibility index (Phi) is 5.50. The summed E-state index contributed by atoms with van der Waals surface area (Å²) in [6.45, 7) is 6.22. The number of amides is 2. The molecule has 2 aromatic heterocycles. The molecule has 2 amide bonds. The van der Waals surface area contributed by atoms with E-state index in [2.05, 4.69) is 15.3 Å². The summed E-state index contributed by atoms with van der Waals surface area (Å²) in [5.74, 6) is 0.382. The lowest BCUT2D eigenvalue weighted by Gasteiger charge is -2.35. The summed E-state index contributed by atoms with van der Waals surface area (Å²) < 4.78 is 19.3. The van der Waals surface area contributed by atoms with Crippen LogP contribution in [0.1, 0.15) is 12.5 Å². The SMILES string of the molecule is CCOc1ncc(C)cc1NC(=O)N1CCN(c2ncccc2F)CC1. The molecule has 0 spiro atoms. The zero-order valence-corrected chi connectivity index (χ0v) is 14.9. The molecule has 7 nitrogen and oxygen atoms in total. The molecule has 0 bridgehead atoms. The average molecular weight is 359 g/mol. The molecule has 1 aliphatic heterocycles. The summed E-state index contributed by atoms with van der Waals surface area (Å²) in [6.07, 6.45) is 3.26. The molecule has 2 aromatic rings. The molecule has 1 aliphatic rings. The van der Waals surface area contributed by atoms with E-state index in [-0.39, 0.29) is 11.8 Å². The molecule has 0 radical (unpaired) electrons. The molecule has 0 saturated carbocycles. The smallest absolute Gasteiger partial charge is 0.322 e. The van der Waals surface area contributed by atoms with Crippen molar-refractivity contribution in [3.05, 3.63) is 42.0 Å². The second-order valence-electron chi connectivity index (χ2n) is 6.01. The minimum atomic E-state index is -0.349. The van der Waals surface area contributed by atoms with E-state index >= 15 is 0 Å². The number of aromatic nitrogens is 2. The van der Waals surface area contributed by atoms with Gasteiger partial charge in [-0.2, -0.15) is 0 Å². The molecule has 3 rings (SSSR count). The normalized spacial score (nSPS) is 14.3. The highest BCUT2D eigenvalue weighted by atomic mass is 19.1. The zero-order chi connectivity index (χ0) is 18.5. The number of hydrogen-bond acceptors (Lipinski definition) is 5. The van der Waals surface area contributed by atoms with Gasteiger partial charge in [-0.25, -0.2) is 19.2 Å². The van der Waals surface area contributed by atoms with Gasteiger partial charge in [-0.15, -0.1) is 0 Å². The summed E-state index contributed by atoms with van der Waals surface area (Å²) in [5, 5.41) is 2.86. The lowest BCUT2D eigenvalue weighted by atomic mass is 10.3. The number of carbonyl (C=O) groups excluding carboxylic acids is 1. The van der Waals surface area contributed by atoms with E-state index in [0.29, 0.717) is 50.2 Å². The number of pyridine rings is 2. The monoisotopic (exact) mass is 359 g/mol. The lowest BCUT2D eigenvalue weighted by molar-refractivity contribution is 0.207. The highest BCUT2D eigenvalue weighted by molar-refractivity contribution is 5.90. The van der Waals surface area contributed by atoms with Crippen LogP contribution in [-0.4, -0.2) is 53.7 Å². The van der Waals surface area contributed by atoms with Gasteiger partial charge in [-0.05, 0) is 37.6 Å². The predicted octanol–water partition coefficient (Wildman–Crippen LogP) is 2.68. The summed E-state index contributed by atoms with van der Waals surface area (Å²) in [5.41, 5.74) is 1.48. The zero-order valence-electron chi connectivity index (χ0n) is 14.9. The fourth-order valence-electron chi connectivity index (χ4n) is 2.82. The van der Waals surface area contributed by atoms with Gasteiger partial charge in [-0.3, -0.25) is 0 Å². The van der Waals surface area contributed by atoms with E-state index in [4.69, 9.17) is 4.74 Å². The van der Waals surface area contributed by atoms with Crippen LogP contribution in [0.2, 0.25) is 0 Å². The van der Waals surface area contributed by atoms with E-state index in [1.807, 2.05) is 24.8 Å². The number of piperazine rings is 1. The maximum absolute atomic E-state index is 13.9. The number of anilines is 2. The van der Waals surface area contributed by atoms with Gasteiger partial charge < -0.3 is 19.9 Å². The number of carbonyl (C=O) groups is 1. The fraction of sp³-hybridized carbons (Fsp3) is 0.389. The van der Waals surface area contributed by atoms with Crippen molar-refractivity contribution in [2.75, 3.05) is 43.0 Å². The van der Waals surface area contributed by atoms with E-state index in [1.54, 1.807) is 23.4 Å². The van der Waals surface area contributed by atoms with Crippen molar-refractivity contribution in [3.8, 4) is 5.88 Å². The van der Waals surface area contributed by atoms with Crippen LogP contribution in [0.5, 0.6) is 5.88 Å². The maximum Gasteiger partial charge on any atom is 0.322 e. The quantitative estimate of drug-likeness (QED) is 0.909. The molecular formula is C18H22FN5O2. The van der Waals surface area contributed by atoms with E-state index in [1.165, 1.54) is 6.07 Å². The Morgan fingerprint density at radius 3 is 2.77 bits per heavy atom. The van der Waals surface area contributed by atoms with Crippen LogP contribution < -0.4 is 15.0 Å². The summed E-state index contributed by atoms with van der Waals surface area (Å²) >= 11 is 0.